The summed E-state index contributed by atoms with van der Waals surface area (Å²) >= 11 is 0. The van der Waals surface area contributed by atoms with Crippen LogP contribution in [-0.4, -0.2) is 13.7 Å². The van der Waals surface area contributed by atoms with Crippen molar-refractivity contribution in [3.63, 3.8) is 0 Å². The Morgan fingerprint density at radius 2 is 1.86 bits per heavy atom. The quantitative estimate of drug-likeness (QED) is 0.818. The Hall–Kier alpha value is -1.80. The van der Waals surface area contributed by atoms with E-state index in [-0.39, 0.29) is 0 Å². The third-order valence-corrected chi connectivity index (χ3v) is 3.80. The maximum Gasteiger partial charge on any atom is 0.119 e. The monoisotopic (exact) mass is 283 g/mol. The first kappa shape index (κ1) is 15.6. The second kappa shape index (κ2) is 7.84. The average Bonchev–Trinajstić information content (AvgIpc) is 2.52. The molecule has 0 heterocycles. The lowest BCUT2D eigenvalue weighted by Crippen LogP contribution is -2.19. The standard InChI is InChI=1S/C19H25NO/c1-4-16-8-10-17(11-9-16)19(20-3)12-13-21-18-7-5-6-15(2)14-18/h5-11,14,19-20H,4,12-13H2,1-3H3. The number of benzene rings is 2. The van der Waals surface area contributed by atoms with E-state index in [0.717, 1.165) is 18.6 Å². The average molecular weight is 283 g/mol. The Morgan fingerprint density at radius 3 is 2.48 bits per heavy atom. The number of nitrogens with one attached hydrogen (secondary N) is 1. The van der Waals surface area contributed by atoms with Gasteiger partial charge in [-0.15, -0.1) is 0 Å². The van der Waals surface area contributed by atoms with Crippen molar-refractivity contribution in [1.29, 1.82) is 0 Å². The van der Waals surface area contributed by atoms with Gasteiger partial charge in [0.05, 0.1) is 6.61 Å². The minimum absolute atomic E-state index is 0.334. The summed E-state index contributed by atoms with van der Waals surface area (Å²) in [4.78, 5) is 0. The highest BCUT2D eigenvalue weighted by atomic mass is 16.5. The molecular weight excluding hydrogens is 258 g/mol. The van der Waals surface area contributed by atoms with E-state index in [0.29, 0.717) is 12.6 Å². The molecule has 0 aliphatic heterocycles. The lowest BCUT2D eigenvalue weighted by atomic mass is 10.0. The zero-order valence-corrected chi connectivity index (χ0v) is 13.2. The molecule has 0 fully saturated rings. The molecule has 0 aromatic heterocycles. The predicted octanol–water partition coefficient (Wildman–Crippen LogP) is 4.29. The highest BCUT2D eigenvalue weighted by molar-refractivity contribution is 5.27. The number of hydrogen-bond donors (Lipinski definition) is 1. The zero-order valence-electron chi connectivity index (χ0n) is 13.2. The first-order valence-corrected chi connectivity index (χ1v) is 7.68. The summed E-state index contributed by atoms with van der Waals surface area (Å²) < 4.78 is 5.85. The number of rotatable bonds is 7. The predicted molar refractivity (Wildman–Crippen MR) is 88.9 cm³/mol. The van der Waals surface area contributed by atoms with Crippen LogP contribution >= 0.6 is 0 Å². The Bertz CT molecular complexity index is 548. The molecule has 2 aromatic carbocycles. The van der Waals surface area contributed by atoms with Crippen LogP contribution < -0.4 is 10.1 Å². The van der Waals surface area contributed by atoms with Crippen LogP contribution in [0.15, 0.2) is 48.5 Å². The SMILES string of the molecule is CCc1ccc(C(CCOc2cccc(C)c2)NC)cc1. The molecule has 0 saturated carbocycles. The van der Waals surface area contributed by atoms with Gasteiger partial charge in [0.1, 0.15) is 5.75 Å². The van der Waals surface area contributed by atoms with Crippen molar-refractivity contribution < 1.29 is 4.74 Å². The first-order chi connectivity index (χ1) is 10.2. The van der Waals surface area contributed by atoms with Gasteiger partial charge in [-0.3, -0.25) is 0 Å². The van der Waals surface area contributed by atoms with Crippen molar-refractivity contribution >= 4 is 0 Å². The van der Waals surface area contributed by atoms with Crippen LogP contribution in [0.2, 0.25) is 0 Å². The van der Waals surface area contributed by atoms with Crippen molar-refractivity contribution in [2.45, 2.75) is 32.7 Å². The second-order valence-electron chi connectivity index (χ2n) is 5.39. The number of aryl methyl sites for hydroxylation is 2. The summed E-state index contributed by atoms with van der Waals surface area (Å²) in [5.41, 5.74) is 3.93. The first-order valence-electron chi connectivity index (χ1n) is 7.68. The smallest absolute Gasteiger partial charge is 0.119 e. The maximum absolute atomic E-state index is 5.85. The molecule has 1 atom stereocenters. The Balaban J connectivity index is 1.90. The van der Waals surface area contributed by atoms with Crippen molar-refractivity contribution in [2.75, 3.05) is 13.7 Å². The fourth-order valence-corrected chi connectivity index (χ4v) is 2.46. The van der Waals surface area contributed by atoms with E-state index in [2.05, 4.69) is 55.6 Å². The molecule has 0 aliphatic rings. The van der Waals surface area contributed by atoms with E-state index in [1.165, 1.54) is 16.7 Å². The van der Waals surface area contributed by atoms with Gasteiger partial charge < -0.3 is 10.1 Å². The fraction of sp³-hybridized carbons (Fsp3) is 0.368. The molecule has 0 spiro atoms. The van der Waals surface area contributed by atoms with Crippen LogP contribution in [0.25, 0.3) is 0 Å². The third kappa shape index (κ3) is 4.61. The summed E-state index contributed by atoms with van der Waals surface area (Å²) in [5.74, 6) is 0.950. The highest BCUT2D eigenvalue weighted by Crippen LogP contribution is 2.19. The van der Waals surface area contributed by atoms with Crippen LogP contribution in [0.1, 0.15) is 36.1 Å². The summed E-state index contributed by atoms with van der Waals surface area (Å²) in [5, 5.41) is 3.37. The van der Waals surface area contributed by atoms with Crippen LogP contribution in [0.4, 0.5) is 0 Å². The topological polar surface area (TPSA) is 21.3 Å². The summed E-state index contributed by atoms with van der Waals surface area (Å²) in [6.45, 7) is 4.98. The van der Waals surface area contributed by atoms with Crippen molar-refractivity contribution in [3.05, 3.63) is 65.2 Å². The molecule has 1 N–H and O–H groups in total. The summed E-state index contributed by atoms with van der Waals surface area (Å²) in [6, 6.07) is 17.4. The molecule has 2 aromatic rings. The molecule has 2 rings (SSSR count). The van der Waals surface area contributed by atoms with Gasteiger partial charge in [-0.25, -0.2) is 0 Å². The van der Waals surface area contributed by atoms with E-state index in [4.69, 9.17) is 4.74 Å². The summed E-state index contributed by atoms with van der Waals surface area (Å²) in [6.07, 6.45) is 2.04. The van der Waals surface area contributed by atoms with E-state index < -0.39 is 0 Å². The van der Waals surface area contributed by atoms with Gasteiger partial charge >= 0.3 is 0 Å². The van der Waals surface area contributed by atoms with Gasteiger partial charge in [0.2, 0.25) is 0 Å². The van der Waals surface area contributed by atoms with Crippen molar-refractivity contribution in [2.24, 2.45) is 0 Å². The minimum atomic E-state index is 0.334. The lowest BCUT2D eigenvalue weighted by molar-refractivity contribution is 0.290. The second-order valence-corrected chi connectivity index (χ2v) is 5.39. The molecule has 0 bridgehead atoms. The van der Waals surface area contributed by atoms with E-state index in [1.54, 1.807) is 0 Å². The fourth-order valence-electron chi connectivity index (χ4n) is 2.46. The zero-order chi connectivity index (χ0) is 15.1. The van der Waals surface area contributed by atoms with Crippen molar-refractivity contribution in [3.8, 4) is 5.75 Å². The third-order valence-electron chi connectivity index (χ3n) is 3.80. The molecule has 0 radical (unpaired) electrons. The molecule has 112 valence electrons. The molecule has 2 nitrogen and oxygen atoms in total. The largest absolute Gasteiger partial charge is 0.494 e. The van der Waals surface area contributed by atoms with Crippen LogP contribution in [0.3, 0.4) is 0 Å². The minimum Gasteiger partial charge on any atom is -0.494 e. The van der Waals surface area contributed by atoms with Crippen molar-refractivity contribution in [1.82, 2.24) is 5.32 Å². The molecule has 21 heavy (non-hydrogen) atoms. The van der Waals surface area contributed by atoms with Gasteiger partial charge in [0.15, 0.2) is 0 Å². The van der Waals surface area contributed by atoms with Gasteiger partial charge in [-0.1, -0.05) is 43.3 Å². The summed E-state index contributed by atoms with van der Waals surface area (Å²) in [7, 11) is 2.01. The van der Waals surface area contributed by atoms with Gasteiger partial charge in [-0.05, 0) is 49.2 Å². The molecule has 0 amide bonds. The van der Waals surface area contributed by atoms with Gasteiger partial charge in [0, 0.05) is 12.5 Å². The maximum atomic E-state index is 5.85. The van der Waals surface area contributed by atoms with Gasteiger partial charge in [0.25, 0.3) is 0 Å². The molecule has 2 heteroatoms. The molecular formula is C19H25NO. The van der Waals surface area contributed by atoms with Crippen LogP contribution in [0.5, 0.6) is 5.75 Å². The van der Waals surface area contributed by atoms with E-state index in [9.17, 15) is 0 Å². The highest BCUT2D eigenvalue weighted by Gasteiger charge is 2.09. The molecule has 0 saturated heterocycles. The van der Waals surface area contributed by atoms with Crippen LogP contribution in [-0.2, 0) is 6.42 Å². The molecule has 0 aliphatic carbocycles. The lowest BCUT2D eigenvalue weighted by Gasteiger charge is -2.17. The Kier molecular flexibility index (Phi) is 5.82. The van der Waals surface area contributed by atoms with Gasteiger partial charge in [-0.2, -0.15) is 0 Å². The number of ether oxygens (including phenoxy) is 1. The Labute approximate surface area is 128 Å². The molecule has 1 unspecified atom stereocenters. The Morgan fingerprint density at radius 1 is 1.10 bits per heavy atom. The normalized spacial score (nSPS) is 12.1. The van der Waals surface area contributed by atoms with E-state index >= 15 is 0 Å². The number of hydrogen-bond acceptors (Lipinski definition) is 2. The van der Waals surface area contributed by atoms with Crippen LogP contribution in [0, 0.1) is 6.92 Å². The van der Waals surface area contributed by atoms with E-state index in [1.807, 2.05) is 19.2 Å².